The summed E-state index contributed by atoms with van der Waals surface area (Å²) in [5, 5.41) is 18.0. The van der Waals surface area contributed by atoms with E-state index in [0.717, 1.165) is 10.5 Å². The van der Waals surface area contributed by atoms with E-state index in [1.807, 2.05) is 0 Å². The molecule has 0 aliphatic heterocycles. The van der Waals surface area contributed by atoms with Crippen LogP contribution >= 0.6 is 0 Å². The molecule has 116 valence electrons. The molecule has 0 heterocycles. The van der Waals surface area contributed by atoms with Crippen LogP contribution in [-0.2, 0) is 20.7 Å². The number of carboxylic acid groups (broad SMARTS) is 1. The summed E-state index contributed by atoms with van der Waals surface area (Å²) in [6, 6.07) is 5.50. The van der Waals surface area contributed by atoms with Crippen LogP contribution in [0.2, 0.25) is 0 Å². The first-order chi connectivity index (χ1) is 9.93. The van der Waals surface area contributed by atoms with E-state index in [9.17, 15) is 14.7 Å². The molecule has 0 radical (unpaired) electrons. The van der Waals surface area contributed by atoms with Crippen LogP contribution in [0.15, 0.2) is 24.3 Å². The highest BCUT2D eigenvalue weighted by molar-refractivity contribution is 5.85. The van der Waals surface area contributed by atoms with Gasteiger partial charge in [0.25, 0.3) is 0 Å². The molecule has 0 fully saturated rings. The standard InChI is InChI=1S/C14H20N2O5/c1-21-7-6-16(9-13(18)19)14(20)12(15)8-10-2-4-11(17)5-3-10/h2-5,12,17H,6-9,15H2,1H3,(H,18,19). The summed E-state index contributed by atoms with van der Waals surface area (Å²) >= 11 is 0. The second-order valence-corrected chi connectivity index (χ2v) is 4.62. The Bertz CT molecular complexity index is 475. The zero-order chi connectivity index (χ0) is 15.8. The fraction of sp³-hybridized carbons (Fsp3) is 0.429. The Hall–Kier alpha value is -2.12. The highest BCUT2D eigenvalue weighted by atomic mass is 16.5. The maximum atomic E-state index is 12.2. The Morgan fingerprint density at radius 3 is 2.48 bits per heavy atom. The van der Waals surface area contributed by atoms with Gasteiger partial charge in [-0.05, 0) is 24.1 Å². The van der Waals surface area contributed by atoms with Gasteiger partial charge in [-0.15, -0.1) is 0 Å². The van der Waals surface area contributed by atoms with E-state index in [1.165, 1.54) is 19.2 Å². The second-order valence-electron chi connectivity index (χ2n) is 4.62. The van der Waals surface area contributed by atoms with Gasteiger partial charge in [-0.25, -0.2) is 0 Å². The number of ether oxygens (including phenoxy) is 1. The molecule has 1 amide bonds. The lowest BCUT2D eigenvalue weighted by Crippen LogP contribution is -2.48. The normalized spacial score (nSPS) is 11.9. The molecule has 0 aliphatic rings. The number of aliphatic carboxylic acids is 1. The smallest absolute Gasteiger partial charge is 0.323 e. The highest BCUT2D eigenvalue weighted by Gasteiger charge is 2.23. The average molecular weight is 296 g/mol. The molecule has 0 spiro atoms. The number of aromatic hydroxyl groups is 1. The third-order valence-electron chi connectivity index (χ3n) is 2.91. The minimum Gasteiger partial charge on any atom is -0.508 e. The van der Waals surface area contributed by atoms with E-state index in [2.05, 4.69) is 0 Å². The van der Waals surface area contributed by atoms with Gasteiger partial charge in [-0.2, -0.15) is 0 Å². The zero-order valence-electron chi connectivity index (χ0n) is 11.9. The van der Waals surface area contributed by atoms with Crippen molar-refractivity contribution < 1.29 is 24.5 Å². The van der Waals surface area contributed by atoms with Gasteiger partial charge in [0.1, 0.15) is 12.3 Å². The van der Waals surface area contributed by atoms with Gasteiger partial charge in [0, 0.05) is 13.7 Å². The molecule has 0 bridgehead atoms. The van der Waals surface area contributed by atoms with Gasteiger partial charge in [-0.3, -0.25) is 9.59 Å². The first-order valence-electron chi connectivity index (χ1n) is 6.47. The maximum absolute atomic E-state index is 12.2. The number of rotatable bonds is 8. The van der Waals surface area contributed by atoms with Crippen LogP contribution in [0.3, 0.4) is 0 Å². The van der Waals surface area contributed by atoms with Gasteiger partial charge >= 0.3 is 5.97 Å². The van der Waals surface area contributed by atoms with Crippen molar-refractivity contribution in [1.82, 2.24) is 4.90 Å². The number of carbonyl (C=O) groups is 2. The maximum Gasteiger partial charge on any atom is 0.323 e. The fourth-order valence-corrected chi connectivity index (χ4v) is 1.84. The molecule has 1 unspecified atom stereocenters. The minimum absolute atomic E-state index is 0.131. The third-order valence-corrected chi connectivity index (χ3v) is 2.91. The molecule has 7 nitrogen and oxygen atoms in total. The summed E-state index contributed by atoms with van der Waals surface area (Å²) < 4.78 is 4.86. The Kier molecular flexibility index (Phi) is 6.64. The summed E-state index contributed by atoms with van der Waals surface area (Å²) in [7, 11) is 1.47. The molecule has 7 heteroatoms. The molecular weight excluding hydrogens is 276 g/mol. The third kappa shape index (κ3) is 5.80. The molecule has 0 aliphatic carbocycles. The molecule has 1 rings (SSSR count). The number of carboxylic acids is 1. The number of carbonyl (C=O) groups excluding carboxylic acids is 1. The Morgan fingerprint density at radius 1 is 1.33 bits per heavy atom. The number of hydrogen-bond acceptors (Lipinski definition) is 5. The van der Waals surface area contributed by atoms with Gasteiger partial charge < -0.3 is 25.6 Å². The van der Waals surface area contributed by atoms with Gasteiger partial charge in [0.05, 0.1) is 12.6 Å². The Morgan fingerprint density at radius 2 is 1.95 bits per heavy atom. The van der Waals surface area contributed by atoms with E-state index >= 15 is 0 Å². The van der Waals surface area contributed by atoms with Crippen LogP contribution in [0.25, 0.3) is 0 Å². The zero-order valence-corrected chi connectivity index (χ0v) is 11.9. The van der Waals surface area contributed by atoms with E-state index < -0.39 is 24.5 Å². The molecule has 1 aromatic carbocycles. The molecule has 21 heavy (non-hydrogen) atoms. The molecule has 1 aromatic rings. The van der Waals surface area contributed by atoms with Crippen molar-refractivity contribution in [2.75, 3.05) is 26.8 Å². The molecule has 0 saturated carbocycles. The molecule has 4 N–H and O–H groups in total. The Labute approximate surface area is 122 Å². The van der Waals surface area contributed by atoms with Crippen molar-refractivity contribution in [2.24, 2.45) is 5.73 Å². The molecule has 0 saturated heterocycles. The van der Waals surface area contributed by atoms with E-state index in [-0.39, 0.29) is 25.3 Å². The number of benzene rings is 1. The van der Waals surface area contributed by atoms with Crippen molar-refractivity contribution in [3.63, 3.8) is 0 Å². The minimum atomic E-state index is -1.10. The van der Waals surface area contributed by atoms with Crippen LogP contribution in [-0.4, -0.2) is 59.8 Å². The number of nitrogens with two attached hydrogens (primary N) is 1. The lowest BCUT2D eigenvalue weighted by Gasteiger charge is -2.23. The summed E-state index contributed by atoms with van der Waals surface area (Å²) in [6.45, 7) is 0.00132. The largest absolute Gasteiger partial charge is 0.508 e. The first kappa shape index (κ1) is 16.9. The summed E-state index contributed by atoms with van der Waals surface area (Å²) in [5.41, 5.74) is 6.64. The quantitative estimate of drug-likeness (QED) is 0.613. The first-order valence-corrected chi connectivity index (χ1v) is 6.47. The number of phenols is 1. The van der Waals surface area contributed by atoms with Crippen LogP contribution in [0.4, 0.5) is 0 Å². The van der Waals surface area contributed by atoms with Crippen molar-refractivity contribution in [1.29, 1.82) is 0 Å². The van der Waals surface area contributed by atoms with Crippen LogP contribution in [0.5, 0.6) is 5.75 Å². The number of hydrogen-bond donors (Lipinski definition) is 3. The van der Waals surface area contributed by atoms with Gasteiger partial charge in [-0.1, -0.05) is 12.1 Å². The monoisotopic (exact) mass is 296 g/mol. The number of phenolic OH excluding ortho intramolecular Hbond substituents is 1. The van der Waals surface area contributed by atoms with Gasteiger partial charge in [0.2, 0.25) is 5.91 Å². The SMILES string of the molecule is COCCN(CC(=O)O)C(=O)C(N)Cc1ccc(O)cc1. The van der Waals surface area contributed by atoms with Crippen LogP contribution in [0, 0.1) is 0 Å². The van der Waals surface area contributed by atoms with Gasteiger partial charge in [0.15, 0.2) is 0 Å². The lowest BCUT2D eigenvalue weighted by atomic mass is 10.1. The average Bonchev–Trinajstić information content (AvgIpc) is 2.44. The molecular formula is C14H20N2O5. The molecule has 0 aromatic heterocycles. The predicted octanol–water partition coefficient (Wildman–Crippen LogP) is -0.178. The Balaban J connectivity index is 2.67. The number of nitrogens with zero attached hydrogens (tertiary/aromatic N) is 1. The van der Waals surface area contributed by atoms with Crippen LogP contribution < -0.4 is 5.73 Å². The van der Waals surface area contributed by atoms with E-state index in [0.29, 0.717) is 0 Å². The van der Waals surface area contributed by atoms with Crippen molar-refractivity contribution in [3.05, 3.63) is 29.8 Å². The van der Waals surface area contributed by atoms with Crippen molar-refractivity contribution in [3.8, 4) is 5.75 Å². The number of methoxy groups -OCH3 is 1. The summed E-state index contributed by atoms with van der Waals surface area (Å²) in [5.74, 6) is -1.41. The lowest BCUT2D eigenvalue weighted by molar-refractivity contribution is -0.145. The highest BCUT2D eigenvalue weighted by Crippen LogP contribution is 2.11. The summed E-state index contributed by atoms with van der Waals surface area (Å²) in [4.78, 5) is 24.1. The fourth-order valence-electron chi connectivity index (χ4n) is 1.84. The van der Waals surface area contributed by atoms with Crippen molar-refractivity contribution in [2.45, 2.75) is 12.5 Å². The summed E-state index contributed by atoms with van der Waals surface area (Å²) in [6.07, 6.45) is 0.266. The van der Waals surface area contributed by atoms with Crippen LogP contribution in [0.1, 0.15) is 5.56 Å². The van der Waals surface area contributed by atoms with E-state index in [1.54, 1.807) is 12.1 Å². The second kappa shape index (κ2) is 8.23. The molecule has 1 atom stereocenters. The topological polar surface area (TPSA) is 113 Å². The number of amides is 1. The van der Waals surface area contributed by atoms with E-state index in [4.69, 9.17) is 15.6 Å². The predicted molar refractivity (Wildman–Crippen MR) is 75.9 cm³/mol. The van der Waals surface area contributed by atoms with Crippen molar-refractivity contribution >= 4 is 11.9 Å².